The smallest absolute Gasteiger partial charge is 0.348 e. The maximum absolute atomic E-state index is 13.6. The summed E-state index contributed by atoms with van der Waals surface area (Å²) in [6, 6.07) is 14.5. The first-order valence-electron chi connectivity index (χ1n) is 19.0. The number of carbonyl (C=O) groups excluding carboxylic acids is 3. The van der Waals surface area contributed by atoms with Crippen LogP contribution in [0.25, 0.3) is 28.0 Å². The van der Waals surface area contributed by atoms with Gasteiger partial charge in [-0.25, -0.2) is 19.9 Å². The molecule has 7 N–H and O–H groups in total. The van der Waals surface area contributed by atoms with E-state index in [-0.39, 0.29) is 99.6 Å². The zero-order valence-corrected chi connectivity index (χ0v) is 32.2. The number of H-pyrrole nitrogens is 1. The van der Waals surface area contributed by atoms with Crippen molar-refractivity contribution in [1.29, 1.82) is 0 Å². The Morgan fingerprint density at radius 2 is 1.71 bits per heavy atom. The van der Waals surface area contributed by atoms with Crippen molar-refractivity contribution in [2.24, 2.45) is 11.0 Å². The average Bonchev–Trinajstić information content (AvgIpc) is 3.82. The molecule has 16 nitrogen and oxygen atoms in total. The number of aromatic hydroxyl groups is 4. The summed E-state index contributed by atoms with van der Waals surface area (Å²) < 4.78 is 8.51. The molecule has 0 radical (unpaired) electrons. The summed E-state index contributed by atoms with van der Waals surface area (Å²) >= 11 is 0. The van der Waals surface area contributed by atoms with Crippen LogP contribution in [0.1, 0.15) is 81.1 Å². The highest BCUT2D eigenvalue weighted by molar-refractivity contribution is 6.31. The maximum atomic E-state index is 13.6. The summed E-state index contributed by atoms with van der Waals surface area (Å²) in [7, 11) is 1.37. The van der Waals surface area contributed by atoms with Gasteiger partial charge in [0.25, 0.3) is 0 Å². The first kappa shape index (κ1) is 38.7. The molecular weight excluding hydrogens is 761 g/mol. The van der Waals surface area contributed by atoms with Gasteiger partial charge >= 0.3 is 5.69 Å². The number of hydrogen-bond donors (Lipinski definition) is 7. The van der Waals surface area contributed by atoms with Crippen molar-refractivity contribution < 1.29 is 44.7 Å². The Kier molecular flexibility index (Phi) is 9.80. The maximum Gasteiger partial charge on any atom is 0.348 e. The highest BCUT2D eigenvalue weighted by Gasteiger charge is 2.41. The third-order valence-electron chi connectivity index (χ3n) is 11.3. The highest BCUT2D eigenvalue weighted by atomic mass is 16.5. The lowest BCUT2D eigenvalue weighted by atomic mass is 9.74. The number of phenols is 4. The molecular formula is C43H40N6O10. The number of ketones is 2. The molecule has 0 aliphatic heterocycles. The quantitative estimate of drug-likeness (QED) is 0.0574. The predicted octanol–water partition coefficient (Wildman–Crippen LogP) is 4.57. The van der Waals surface area contributed by atoms with Crippen molar-refractivity contribution >= 4 is 34.1 Å². The first-order chi connectivity index (χ1) is 28.3. The number of aliphatic hydroxyl groups excluding tert-OH is 1. The molecule has 1 atom stereocenters. The lowest BCUT2D eigenvalue weighted by Gasteiger charge is -2.30. The zero-order chi connectivity index (χ0) is 41.9. The number of benzene rings is 4. The van der Waals surface area contributed by atoms with Gasteiger partial charge in [0.15, 0.2) is 11.6 Å². The second-order valence-electron chi connectivity index (χ2n) is 15.0. The van der Waals surface area contributed by atoms with E-state index in [1.165, 1.54) is 23.8 Å². The van der Waals surface area contributed by atoms with Crippen molar-refractivity contribution in [1.82, 2.24) is 24.8 Å². The largest absolute Gasteiger partial charge is 0.508 e. The Hall–Kier alpha value is -7.20. The number of methoxy groups -OCH3 is 1. The number of aryl methyl sites for hydroxylation is 1. The van der Waals surface area contributed by atoms with Crippen LogP contribution in [0.4, 0.5) is 0 Å². The van der Waals surface area contributed by atoms with E-state index < -0.39 is 41.4 Å². The number of nitrogens with zero attached hydrogens (tertiary/aromatic N) is 4. The summed E-state index contributed by atoms with van der Waals surface area (Å²) in [5, 5.41) is 65.6. The normalized spacial score (nSPS) is 15.0. The van der Waals surface area contributed by atoms with Crippen LogP contribution >= 0.6 is 0 Å². The third-order valence-corrected chi connectivity index (χ3v) is 11.3. The number of aliphatic hydroxyl groups is 1. The van der Waals surface area contributed by atoms with E-state index in [1.54, 1.807) is 42.6 Å². The van der Waals surface area contributed by atoms with E-state index in [1.807, 2.05) is 24.5 Å². The molecule has 6 aromatic rings. The second kappa shape index (κ2) is 14.9. The molecule has 1 unspecified atom stereocenters. The minimum Gasteiger partial charge on any atom is -0.508 e. The predicted molar refractivity (Wildman–Crippen MR) is 215 cm³/mol. The number of ether oxygens (including phenoxy) is 1. The number of fused-ring (bicyclic) bond motifs is 4. The molecule has 8 rings (SSSR count). The molecule has 4 aromatic carbocycles. The Morgan fingerprint density at radius 3 is 2.46 bits per heavy atom. The van der Waals surface area contributed by atoms with Crippen molar-refractivity contribution in [3.05, 3.63) is 110 Å². The number of rotatable bonds is 10. The molecule has 1 amide bonds. The molecule has 0 saturated carbocycles. The number of aromatic nitrogens is 4. The molecule has 16 heteroatoms. The molecule has 0 bridgehead atoms. The van der Waals surface area contributed by atoms with Gasteiger partial charge in [-0.05, 0) is 67.1 Å². The zero-order valence-electron chi connectivity index (χ0n) is 32.2. The summed E-state index contributed by atoms with van der Waals surface area (Å²) in [4.78, 5) is 53.2. The van der Waals surface area contributed by atoms with Gasteiger partial charge in [-0.3, -0.25) is 14.4 Å². The van der Waals surface area contributed by atoms with Gasteiger partial charge in [-0.1, -0.05) is 26.0 Å². The van der Waals surface area contributed by atoms with Crippen LogP contribution in [-0.2, 0) is 24.2 Å². The molecule has 0 fully saturated rings. The van der Waals surface area contributed by atoms with E-state index >= 15 is 0 Å². The van der Waals surface area contributed by atoms with Crippen LogP contribution in [0, 0.1) is 5.92 Å². The van der Waals surface area contributed by atoms with Gasteiger partial charge < -0.3 is 34.8 Å². The van der Waals surface area contributed by atoms with Gasteiger partial charge in [0.05, 0.1) is 47.4 Å². The minimum absolute atomic E-state index is 0.0211. The number of hydrazone groups is 1. The summed E-state index contributed by atoms with van der Waals surface area (Å²) in [6.07, 6.45) is 2.49. The van der Waals surface area contributed by atoms with E-state index in [0.29, 0.717) is 23.2 Å². The van der Waals surface area contributed by atoms with Gasteiger partial charge in [0.2, 0.25) is 11.7 Å². The Labute approximate surface area is 335 Å². The lowest BCUT2D eigenvalue weighted by Crippen LogP contribution is -2.30. The molecule has 2 heterocycles. The monoisotopic (exact) mass is 800 g/mol. The average molecular weight is 801 g/mol. The molecule has 2 aliphatic carbocycles. The van der Waals surface area contributed by atoms with E-state index in [4.69, 9.17) is 4.74 Å². The van der Waals surface area contributed by atoms with E-state index in [9.17, 15) is 44.7 Å². The molecule has 2 aliphatic rings. The number of phenolic OH excluding ortho intramolecular Hbond substituents is 4. The van der Waals surface area contributed by atoms with E-state index in [0.717, 1.165) is 10.9 Å². The van der Waals surface area contributed by atoms with Crippen LogP contribution in [-0.4, -0.2) is 81.8 Å². The van der Waals surface area contributed by atoms with Crippen molar-refractivity contribution in [2.45, 2.75) is 52.0 Å². The van der Waals surface area contributed by atoms with Crippen molar-refractivity contribution in [2.75, 3.05) is 13.7 Å². The number of nitrogens with one attached hydrogen (secondary N) is 2. The van der Waals surface area contributed by atoms with Crippen LogP contribution in [0.15, 0.2) is 70.7 Å². The highest BCUT2D eigenvalue weighted by Crippen LogP contribution is 2.47. The molecule has 0 saturated heterocycles. The van der Waals surface area contributed by atoms with Gasteiger partial charge in [-0.2, -0.15) is 10.2 Å². The van der Waals surface area contributed by atoms with Crippen molar-refractivity contribution in [3.8, 4) is 45.8 Å². The van der Waals surface area contributed by atoms with Crippen LogP contribution < -0.4 is 15.9 Å². The fourth-order valence-corrected chi connectivity index (χ4v) is 8.23. The molecule has 0 spiro atoms. The SMILES string of the molecule is COc1cccc2c1C(=O)c1c(O)c3c(c(O)c1C2=O)CC(/C(CO)=N/NC(=O)CCn1ccc2cc(-n4c(-c5cc(C(C)C)c(O)cc5O)n[nH]c4=O)ccc21)CC3. The van der Waals surface area contributed by atoms with Crippen LogP contribution in [0.3, 0.4) is 0 Å². The Balaban J connectivity index is 0.967. The van der Waals surface area contributed by atoms with Gasteiger partial charge in [-0.15, -0.1) is 0 Å². The number of amides is 1. The molecule has 59 heavy (non-hydrogen) atoms. The summed E-state index contributed by atoms with van der Waals surface area (Å²) in [5.41, 5.74) is 4.47. The lowest BCUT2D eigenvalue weighted by molar-refractivity contribution is -0.121. The first-order valence-corrected chi connectivity index (χ1v) is 19.0. The number of hydrogen-bond acceptors (Lipinski definition) is 12. The fourth-order valence-electron chi connectivity index (χ4n) is 8.23. The Bertz CT molecular complexity index is 2830. The summed E-state index contributed by atoms with van der Waals surface area (Å²) in [6.45, 7) is 3.56. The Morgan fingerprint density at radius 1 is 0.949 bits per heavy atom. The molecule has 2 aromatic heterocycles. The van der Waals surface area contributed by atoms with E-state index in [2.05, 4.69) is 20.7 Å². The number of carbonyl (C=O) groups is 3. The third kappa shape index (κ3) is 6.46. The van der Waals surface area contributed by atoms with Crippen molar-refractivity contribution in [3.63, 3.8) is 0 Å². The minimum atomic E-state index is -0.628. The fraction of sp³-hybridized carbons (Fsp3) is 0.256. The van der Waals surface area contributed by atoms with Gasteiger partial charge in [0.1, 0.15) is 28.7 Å². The summed E-state index contributed by atoms with van der Waals surface area (Å²) in [5.74, 6) is -2.94. The topological polar surface area (TPSA) is 242 Å². The van der Waals surface area contributed by atoms with Gasteiger partial charge in [0, 0.05) is 58.7 Å². The van der Waals surface area contributed by atoms with Crippen LogP contribution in [0.2, 0.25) is 0 Å². The molecule has 302 valence electrons. The second-order valence-corrected chi connectivity index (χ2v) is 15.0. The number of aromatic amines is 1. The standard InChI is InChI=1S/C43H40N6O10/c1-20(2)26-17-28(32(52)18-31(26)51)42-46-47-43(58)49(42)23-8-10-30-22(15-23)11-13-48(30)14-12-34(53)45-44-29(19-50)21-7-9-24-27(16-21)40(56)36-37(38(24)54)41(57)35-25(39(36)55)5-4-6-33(35)59-3/h4-6,8,10-11,13,15,17-18,20-21,50-52,54,56H,7,9,12,14,16,19H2,1-3H3,(H,45,53)(H,47,58)/b44-29+. The van der Waals surface area contributed by atoms with Crippen LogP contribution in [0.5, 0.6) is 28.7 Å².